The third-order valence-electron chi connectivity index (χ3n) is 4.61. The van der Waals surface area contributed by atoms with Crippen LogP contribution in [0.2, 0.25) is 0 Å². The molecular weight excluding hydrogens is 394 g/mol. The highest BCUT2D eigenvalue weighted by molar-refractivity contribution is 7.89. The monoisotopic (exact) mass is 419 g/mol. The molecule has 29 heavy (non-hydrogen) atoms. The predicted molar refractivity (Wildman–Crippen MR) is 109 cm³/mol. The number of hydrogen-bond acceptors (Lipinski definition) is 6. The Morgan fingerprint density at radius 1 is 0.931 bits per heavy atom. The van der Waals surface area contributed by atoms with Gasteiger partial charge in [0.1, 0.15) is 11.5 Å². The number of benzene rings is 2. The number of methoxy groups -OCH3 is 2. The topological polar surface area (TPSA) is 83.1 Å². The van der Waals surface area contributed by atoms with Crippen LogP contribution in [0, 0.1) is 5.92 Å². The molecule has 2 aromatic rings. The summed E-state index contributed by atoms with van der Waals surface area (Å²) in [4.78, 5) is 0.203. The normalized spacial score (nSPS) is 18.3. The first-order valence-corrected chi connectivity index (χ1v) is 10.6. The lowest BCUT2D eigenvalue weighted by molar-refractivity contribution is 0.0472. The second-order valence-electron chi connectivity index (χ2n) is 6.62. The average molecular weight is 419 g/mol. The fraction of sp³-hybridized carbons (Fsp3) is 0.333. The number of hydrogen-bond donors (Lipinski definition) is 1. The highest BCUT2D eigenvalue weighted by Gasteiger charge is 2.32. The second kappa shape index (κ2) is 9.41. The van der Waals surface area contributed by atoms with Crippen LogP contribution < -0.4 is 14.2 Å². The molecule has 0 unspecified atom stereocenters. The summed E-state index contributed by atoms with van der Waals surface area (Å²) in [5.41, 5.74) is 1.44. The zero-order valence-corrected chi connectivity index (χ0v) is 17.4. The van der Waals surface area contributed by atoms with Crippen LogP contribution in [0.1, 0.15) is 24.1 Å². The molecule has 0 aliphatic heterocycles. The summed E-state index contributed by atoms with van der Waals surface area (Å²) in [6, 6.07) is 11.3. The Kier molecular flexibility index (Phi) is 6.92. The van der Waals surface area contributed by atoms with Crippen LogP contribution in [0.25, 0.3) is 6.08 Å². The fourth-order valence-electron chi connectivity index (χ4n) is 3.21. The standard InChI is InChI=1S/C21H25NO6S/c1-15-9-10-17-18(27-13-25-2)11-12-19(28-14-26-3)20(17)21(15)22-29(23,24)16-7-5-4-6-8-16/h4-12,15,21-22H,13-14H2,1-3H3/t15-,21-/m0/s1. The molecule has 7 nitrogen and oxygen atoms in total. The van der Waals surface area contributed by atoms with E-state index in [4.69, 9.17) is 18.9 Å². The van der Waals surface area contributed by atoms with Gasteiger partial charge in [0.25, 0.3) is 0 Å². The summed E-state index contributed by atoms with van der Waals surface area (Å²) < 4.78 is 50.3. The fourth-order valence-corrected chi connectivity index (χ4v) is 4.53. The summed E-state index contributed by atoms with van der Waals surface area (Å²) in [5, 5.41) is 0. The molecule has 0 amide bonds. The van der Waals surface area contributed by atoms with Crippen molar-refractivity contribution >= 4 is 16.1 Å². The second-order valence-corrected chi connectivity index (χ2v) is 8.34. The third kappa shape index (κ3) is 4.79. The van der Waals surface area contributed by atoms with Gasteiger partial charge in [-0.1, -0.05) is 37.3 Å². The van der Waals surface area contributed by atoms with E-state index < -0.39 is 16.1 Å². The molecule has 0 aromatic heterocycles. The molecular formula is C21H25NO6S. The third-order valence-corrected chi connectivity index (χ3v) is 6.07. The predicted octanol–water partition coefficient (Wildman–Crippen LogP) is 3.33. The van der Waals surface area contributed by atoms with E-state index in [1.807, 2.05) is 19.1 Å². The van der Waals surface area contributed by atoms with E-state index in [-0.39, 0.29) is 24.4 Å². The van der Waals surface area contributed by atoms with Crippen molar-refractivity contribution in [1.29, 1.82) is 0 Å². The molecule has 8 heteroatoms. The van der Waals surface area contributed by atoms with Gasteiger partial charge in [0.15, 0.2) is 13.6 Å². The zero-order chi connectivity index (χ0) is 20.9. The lowest BCUT2D eigenvalue weighted by atomic mass is 9.85. The first-order chi connectivity index (χ1) is 14.0. The summed E-state index contributed by atoms with van der Waals surface area (Å²) in [6.45, 7) is 2.07. The van der Waals surface area contributed by atoms with E-state index in [1.54, 1.807) is 42.5 Å². The minimum atomic E-state index is -3.74. The van der Waals surface area contributed by atoms with Crippen molar-refractivity contribution in [3.63, 3.8) is 0 Å². The van der Waals surface area contributed by atoms with E-state index in [1.165, 1.54) is 14.2 Å². The van der Waals surface area contributed by atoms with Crippen LogP contribution in [0.3, 0.4) is 0 Å². The molecule has 156 valence electrons. The van der Waals surface area contributed by atoms with Gasteiger partial charge in [-0.2, -0.15) is 0 Å². The van der Waals surface area contributed by atoms with Gasteiger partial charge >= 0.3 is 0 Å². The summed E-state index contributed by atoms with van der Waals surface area (Å²) >= 11 is 0. The van der Waals surface area contributed by atoms with Crippen LogP contribution in [0.15, 0.2) is 53.4 Å². The van der Waals surface area contributed by atoms with E-state index in [0.29, 0.717) is 17.1 Å². The van der Waals surface area contributed by atoms with Gasteiger partial charge in [0, 0.05) is 25.3 Å². The van der Waals surface area contributed by atoms with Crippen molar-refractivity contribution in [2.75, 3.05) is 27.8 Å². The zero-order valence-electron chi connectivity index (χ0n) is 16.6. The largest absolute Gasteiger partial charge is 0.467 e. The molecule has 0 fully saturated rings. The molecule has 1 aliphatic rings. The molecule has 2 aromatic carbocycles. The van der Waals surface area contributed by atoms with E-state index in [0.717, 1.165) is 5.56 Å². The maximum absolute atomic E-state index is 13.0. The van der Waals surface area contributed by atoms with Crippen molar-refractivity contribution in [3.05, 3.63) is 59.7 Å². The van der Waals surface area contributed by atoms with Crippen LogP contribution in [0.4, 0.5) is 0 Å². The van der Waals surface area contributed by atoms with E-state index in [9.17, 15) is 8.42 Å². The summed E-state index contributed by atoms with van der Waals surface area (Å²) in [7, 11) is -0.671. The van der Waals surface area contributed by atoms with Crippen LogP contribution >= 0.6 is 0 Å². The Morgan fingerprint density at radius 2 is 1.55 bits per heavy atom. The maximum Gasteiger partial charge on any atom is 0.241 e. The number of ether oxygens (including phenoxy) is 4. The van der Waals surface area contributed by atoms with Gasteiger partial charge in [-0.25, -0.2) is 13.1 Å². The highest BCUT2D eigenvalue weighted by atomic mass is 32.2. The molecule has 0 radical (unpaired) electrons. The number of nitrogens with one attached hydrogen (secondary N) is 1. The Balaban J connectivity index is 2.05. The quantitative estimate of drug-likeness (QED) is 0.628. The molecule has 1 aliphatic carbocycles. The van der Waals surface area contributed by atoms with Crippen molar-refractivity contribution in [2.24, 2.45) is 5.92 Å². The Bertz CT molecular complexity index is 959. The minimum Gasteiger partial charge on any atom is -0.467 e. The van der Waals surface area contributed by atoms with Gasteiger partial charge < -0.3 is 18.9 Å². The van der Waals surface area contributed by atoms with Crippen molar-refractivity contribution < 1.29 is 27.4 Å². The molecule has 0 spiro atoms. The Morgan fingerprint density at radius 3 is 2.21 bits per heavy atom. The number of fused-ring (bicyclic) bond motifs is 1. The summed E-state index contributed by atoms with van der Waals surface area (Å²) in [5.74, 6) is 1.01. The van der Waals surface area contributed by atoms with Gasteiger partial charge in [-0.05, 0) is 30.2 Å². The Hall–Kier alpha value is -2.39. The molecule has 0 heterocycles. The molecule has 0 saturated heterocycles. The first kappa shape index (κ1) is 21.3. The lowest BCUT2D eigenvalue weighted by Gasteiger charge is -2.31. The highest BCUT2D eigenvalue weighted by Crippen LogP contribution is 2.43. The van der Waals surface area contributed by atoms with Crippen molar-refractivity contribution in [2.45, 2.75) is 17.9 Å². The van der Waals surface area contributed by atoms with Gasteiger partial charge in [0.05, 0.1) is 10.9 Å². The molecule has 0 bridgehead atoms. The first-order valence-electron chi connectivity index (χ1n) is 9.14. The minimum absolute atomic E-state index is 0.0426. The van der Waals surface area contributed by atoms with Crippen molar-refractivity contribution in [3.8, 4) is 11.5 Å². The summed E-state index contributed by atoms with van der Waals surface area (Å²) in [6.07, 6.45) is 3.86. The SMILES string of the molecule is COCOc1ccc(OCOC)c2c1C=C[C@H](C)[C@@H]2NS(=O)(=O)c1ccccc1. The number of rotatable bonds is 9. The van der Waals surface area contributed by atoms with E-state index in [2.05, 4.69) is 4.72 Å². The number of sulfonamides is 1. The maximum atomic E-state index is 13.0. The van der Waals surface area contributed by atoms with E-state index >= 15 is 0 Å². The van der Waals surface area contributed by atoms with Gasteiger partial charge in [-0.3, -0.25) is 0 Å². The van der Waals surface area contributed by atoms with Gasteiger partial charge in [0.2, 0.25) is 10.0 Å². The molecule has 0 saturated carbocycles. The van der Waals surface area contributed by atoms with Crippen LogP contribution in [-0.4, -0.2) is 36.2 Å². The molecule has 1 N–H and O–H groups in total. The lowest BCUT2D eigenvalue weighted by Crippen LogP contribution is -2.34. The molecule has 2 atom stereocenters. The molecule has 3 rings (SSSR count). The van der Waals surface area contributed by atoms with Crippen LogP contribution in [-0.2, 0) is 19.5 Å². The Labute approximate surface area is 171 Å². The van der Waals surface area contributed by atoms with Gasteiger partial charge in [-0.15, -0.1) is 0 Å². The average Bonchev–Trinajstić information content (AvgIpc) is 2.73. The van der Waals surface area contributed by atoms with Crippen molar-refractivity contribution in [1.82, 2.24) is 4.72 Å². The smallest absolute Gasteiger partial charge is 0.241 e. The van der Waals surface area contributed by atoms with Crippen LogP contribution in [0.5, 0.6) is 11.5 Å².